The van der Waals surface area contributed by atoms with Crippen molar-refractivity contribution >= 4 is 11.6 Å². The van der Waals surface area contributed by atoms with Crippen molar-refractivity contribution in [2.24, 2.45) is 0 Å². The SMILES string of the molecule is Cc1cc(C)c(NC(=O)C[NH+](Cc2ccccc2F)C2CC2)c(C)c1. The Morgan fingerprint density at radius 1 is 1.16 bits per heavy atom. The number of aryl methyl sites for hydroxylation is 3. The molecule has 2 aromatic carbocycles. The minimum atomic E-state index is -0.189. The van der Waals surface area contributed by atoms with Crippen molar-refractivity contribution in [3.05, 3.63) is 64.5 Å². The average molecular weight is 341 g/mol. The van der Waals surface area contributed by atoms with Crippen molar-refractivity contribution in [2.75, 3.05) is 11.9 Å². The summed E-state index contributed by atoms with van der Waals surface area (Å²) in [5.74, 6) is -0.195. The van der Waals surface area contributed by atoms with Gasteiger partial charge in [0.25, 0.3) is 5.91 Å². The molecule has 1 unspecified atom stereocenters. The Labute approximate surface area is 148 Å². The summed E-state index contributed by atoms with van der Waals surface area (Å²) < 4.78 is 13.9. The molecule has 4 heteroatoms. The molecule has 3 nitrogen and oxygen atoms in total. The Morgan fingerprint density at radius 2 is 1.80 bits per heavy atom. The van der Waals surface area contributed by atoms with Crippen molar-refractivity contribution in [3.8, 4) is 0 Å². The topological polar surface area (TPSA) is 33.5 Å². The van der Waals surface area contributed by atoms with Gasteiger partial charge in [-0.2, -0.15) is 0 Å². The molecular weight excluding hydrogens is 315 g/mol. The van der Waals surface area contributed by atoms with Gasteiger partial charge in [-0.05, 0) is 38.0 Å². The number of nitrogens with one attached hydrogen (secondary N) is 2. The standard InChI is InChI=1S/C21H25FN2O/c1-14-10-15(2)21(16(3)11-14)23-20(25)13-24(18-8-9-18)12-17-6-4-5-7-19(17)22/h4-7,10-11,18H,8-9,12-13H2,1-3H3,(H,23,25)/p+1. The van der Waals surface area contributed by atoms with E-state index in [2.05, 4.69) is 24.4 Å². The third-order valence-electron chi connectivity index (χ3n) is 4.86. The summed E-state index contributed by atoms with van der Waals surface area (Å²) in [6.07, 6.45) is 2.22. The van der Waals surface area contributed by atoms with E-state index in [1.165, 1.54) is 11.6 Å². The van der Waals surface area contributed by atoms with E-state index in [9.17, 15) is 9.18 Å². The molecule has 132 valence electrons. The molecule has 3 rings (SSSR count). The first-order valence-corrected chi connectivity index (χ1v) is 8.89. The maximum absolute atomic E-state index is 13.9. The van der Waals surface area contributed by atoms with E-state index in [4.69, 9.17) is 0 Å². The second-order valence-electron chi connectivity index (χ2n) is 7.20. The van der Waals surface area contributed by atoms with E-state index in [0.717, 1.165) is 34.6 Å². The van der Waals surface area contributed by atoms with E-state index < -0.39 is 0 Å². The highest BCUT2D eigenvalue weighted by Crippen LogP contribution is 2.22. The van der Waals surface area contributed by atoms with Gasteiger partial charge >= 0.3 is 0 Å². The number of rotatable bonds is 6. The molecule has 25 heavy (non-hydrogen) atoms. The van der Waals surface area contributed by atoms with Crippen LogP contribution in [0, 0.1) is 26.6 Å². The van der Waals surface area contributed by atoms with Gasteiger partial charge < -0.3 is 10.2 Å². The second kappa shape index (κ2) is 7.36. The first kappa shape index (κ1) is 17.6. The lowest BCUT2D eigenvalue weighted by Crippen LogP contribution is -3.13. The number of hydrogen-bond acceptors (Lipinski definition) is 1. The van der Waals surface area contributed by atoms with Gasteiger partial charge in [0.2, 0.25) is 0 Å². The molecule has 2 N–H and O–H groups in total. The molecule has 1 saturated carbocycles. The molecule has 0 radical (unpaired) electrons. The molecule has 0 saturated heterocycles. The minimum absolute atomic E-state index is 0.00621. The molecule has 0 bridgehead atoms. The Hall–Kier alpha value is -2.20. The highest BCUT2D eigenvalue weighted by molar-refractivity contribution is 5.93. The number of quaternary nitrogens is 1. The number of carbonyl (C=O) groups excluding carboxylic acids is 1. The zero-order chi connectivity index (χ0) is 18.0. The van der Waals surface area contributed by atoms with Crippen molar-refractivity contribution in [1.82, 2.24) is 0 Å². The Morgan fingerprint density at radius 3 is 2.40 bits per heavy atom. The maximum atomic E-state index is 13.9. The van der Waals surface area contributed by atoms with Crippen LogP contribution in [0.5, 0.6) is 0 Å². The number of carbonyl (C=O) groups is 1. The summed E-state index contributed by atoms with van der Waals surface area (Å²) in [5, 5.41) is 3.07. The normalized spacial score (nSPS) is 15.0. The van der Waals surface area contributed by atoms with Crippen LogP contribution in [0.1, 0.15) is 35.1 Å². The van der Waals surface area contributed by atoms with E-state index in [1.807, 2.05) is 26.0 Å². The molecule has 1 fully saturated rings. The van der Waals surface area contributed by atoms with Crippen LogP contribution in [-0.4, -0.2) is 18.5 Å². The molecule has 0 aliphatic heterocycles. The smallest absolute Gasteiger partial charge is 0.279 e. The number of anilines is 1. The monoisotopic (exact) mass is 341 g/mol. The number of halogens is 1. The van der Waals surface area contributed by atoms with Crippen LogP contribution in [0.25, 0.3) is 0 Å². The zero-order valence-electron chi connectivity index (χ0n) is 15.2. The van der Waals surface area contributed by atoms with Gasteiger partial charge in [-0.15, -0.1) is 0 Å². The number of hydrogen-bond donors (Lipinski definition) is 2. The van der Waals surface area contributed by atoms with Crippen molar-refractivity contribution < 1.29 is 14.1 Å². The summed E-state index contributed by atoms with van der Waals surface area (Å²) in [4.78, 5) is 13.7. The largest absolute Gasteiger partial charge is 0.321 e. The number of benzene rings is 2. The molecular formula is C21H26FN2O+. The van der Waals surface area contributed by atoms with Gasteiger partial charge in [0, 0.05) is 24.1 Å². The average Bonchev–Trinajstić information content (AvgIpc) is 3.37. The molecule has 1 atom stereocenters. The second-order valence-corrected chi connectivity index (χ2v) is 7.20. The van der Waals surface area contributed by atoms with E-state index in [1.54, 1.807) is 6.07 Å². The summed E-state index contributed by atoms with van der Waals surface area (Å²) >= 11 is 0. The van der Waals surface area contributed by atoms with Gasteiger partial charge in [-0.25, -0.2) is 4.39 Å². The zero-order valence-corrected chi connectivity index (χ0v) is 15.2. The van der Waals surface area contributed by atoms with Crippen LogP contribution in [-0.2, 0) is 11.3 Å². The van der Waals surface area contributed by atoms with Crippen LogP contribution >= 0.6 is 0 Å². The van der Waals surface area contributed by atoms with Gasteiger partial charge in [-0.3, -0.25) is 4.79 Å². The Kier molecular flexibility index (Phi) is 5.19. The lowest BCUT2D eigenvalue weighted by molar-refractivity contribution is -0.917. The summed E-state index contributed by atoms with van der Waals surface area (Å²) in [5.41, 5.74) is 4.93. The quantitative estimate of drug-likeness (QED) is 0.832. The van der Waals surface area contributed by atoms with Gasteiger partial charge in [0.15, 0.2) is 6.54 Å². The molecule has 1 aliphatic rings. The van der Waals surface area contributed by atoms with Crippen molar-refractivity contribution in [3.63, 3.8) is 0 Å². The first-order chi connectivity index (χ1) is 11.9. The fourth-order valence-corrected chi connectivity index (χ4v) is 3.50. The third-order valence-corrected chi connectivity index (χ3v) is 4.86. The maximum Gasteiger partial charge on any atom is 0.279 e. The molecule has 1 aliphatic carbocycles. The number of amides is 1. The first-order valence-electron chi connectivity index (χ1n) is 8.89. The van der Waals surface area contributed by atoms with Gasteiger partial charge in [0.05, 0.1) is 6.04 Å². The van der Waals surface area contributed by atoms with Crippen LogP contribution in [0.2, 0.25) is 0 Å². The van der Waals surface area contributed by atoms with Crippen LogP contribution in [0.4, 0.5) is 10.1 Å². The fraction of sp³-hybridized carbons (Fsp3) is 0.381. The Bertz CT molecular complexity index is 760. The van der Waals surface area contributed by atoms with Crippen LogP contribution < -0.4 is 10.2 Å². The summed E-state index contributed by atoms with van der Waals surface area (Å²) in [6.45, 7) is 7.00. The lowest BCUT2D eigenvalue weighted by atomic mass is 10.1. The highest BCUT2D eigenvalue weighted by Gasteiger charge is 2.35. The van der Waals surface area contributed by atoms with Crippen molar-refractivity contribution in [1.29, 1.82) is 0 Å². The molecule has 0 heterocycles. The third kappa shape index (κ3) is 4.45. The molecule has 2 aromatic rings. The molecule has 0 aromatic heterocycles. The van der Waals surface area contributed by atoms with Crippen LogP contribution in [0.15, 0.2) is 36.4 Å². The summed E-state index contributed by atoms with van der Waals surface area (Å²) in [6, 6.07) is 11.5. The Balaban J connectivity index is 1.69. The molecule has 1 amide bonds. The van der Waals surface area contributed by atoms with E-state index in [0.29, 0.717) is 24.7 Å². The highest BCUT2D eigenvalue weighted by atomic mass is 19.1. The van der Waals surface area contributed by atoms with E-state index >= 15 is 0 Å². The van der Waals surface area contributed by atoms with E-state index in [-0.39, 0.29) is 11.7 Å². The minimum Gasteiger partial charge on any atom is -0.321 e. The fourth-order valence-electron chi connectivity index (χ4n) is 3.50. The predicted molar refractivity (Wildman–Crippen MR) is 98.2 cm³/mol. The van der Waals surface area contributed by atoms with Gasteiger partial charge in [0.1, 0.15) is 12.4 Å². The predicted octanol–water partition coefficient (Wildman–Crippen LogP) is 2.94. The lowest BCUT2D eigenvalue weighted by Gasteiger charge is -2.20. The van der Waals surface area contributed by atoms with Gasteiger partial charge in [-0.1, -0.05) is 35.9 Å². The summed E-state index contributed by atoms with van der Waals surface area (Å²) in [7, 11) is 0. The molecule has 0 spiro atoms. The van der Waals surface area contributed by atoms with Crippen LogP contribution in [0.3, 0.4) is 0 Å². The van der Waals surface area contributed by atoms with Crippen molar-refractivity contribution in [2.45, 2.75) is 46.2 Å².